The van der Waals surface area contributed by atoms with Crippen LogP contribution in [0, 0.1) is 0 Å². The average Bonchev–Trinajstić information content (AvgIpc) is 2.49. The molecule has 0 aliphatic rings. The molecule has 0 atom stereocenters. The number of hydrogen-bond donors (Lipinski definition) is 1. The van der Waals surface area contributed by atoms with E-state index in [0.717, 1.165) is 16.8 Å². The highest BCUT2D eigenvalue weighted by atomic mass is 16.5. The lowest BCUT2D eigenvalue weighted by molar-refractivity contribution is -0.139. The van der Waals surface area contributed by atoms with Gasteiger partial charge in [0.15, 0.2) is 0 Å². The lowest BCUT2D eigenvalue weighted by atomic mass is 10.0. The molecule has 0 aliphatic heterocycles. The molecule has 0 amide bonds. The van der Waals surface area contributed by atoms with Crippen LogP contribution in [0.4, 0.5) is 5.69 Å². The third-order valence-corrected chi connectivity index (χ3v) is 3.38. The third kappa shape index (κ3) is 3.99. The number of carbonyl (C=O) groups is 1. The predicted molar refractivity (Wildman–Crippen MR) is 82.4 cm³/mol. The van der Waals surface area contributed by atoms with Gasteiger partial charge in [-0.05, 0) is 35.4 Å². The Morgan fingerprint density at radius 2 is 1.71 bits per heavy atom. The fourth-order valence-electron chi connectivity index (χ4n) is 2.17. The highest BCUT2D eigenvalue weighted by molar-refractivity contribution is 5.73. The summed E-state index contributed by atoms with van der Waals surface area (Å²) in [4.78, 5) is 13.5. The number of methoxy groups -OCH3 is 1. The topological polar surface area (TPSA) is 49.8 Å². The van der Waals surface area contributed by atoms with Crippen molar-refractivity contribution in [2.75, 3.05) is 19.1 Å². The maximum absolute atomic E-state index is 11.5. The van der Waals surface area contributed by atoms with Crippen molar-refractivity contribution in [1.82, 2.24) is 0 Å². The number of phenolic OH excluding ortho intramolecular Hbond substituents is 1. The van der Waals surface area contributed by atoms with E-state index in [2.05, 4.69) is 4.90 Å². The van der Waals surface area contributed by atoms with Crippen LogP contribution in [0.1, 0.15) is 11.1 Å². The Bertz CT molecular complexity index is 608. The van der Waals surface area contributed by atoms with E-state index in [1.54, 1.807) is 12.1 Å². The number of carbonyl (C=O) groups excluding carboxylic acids is 1. The van der Waals surface area contributed by atoms with E-state index in [4.69, 9.17) is 4.74 Å². The molecule has 0 radical (unpaired) electrons. The van der Waals surface area contributed by atoms with Crippen molar-refractivity contribution < 1.29 is 14.6 Å². The highest BCUT2D eigenvalue weighted by Crippen LogP contribution is 2.20. The molecule has 2 aromatic rings. The molecular weight excluding hydrogens is 266 g/mol. The molecule has 110 valence electrons. The van der Waals surface area contributed by atoms with E-state index in [9.17, 15) is 9.90 Å². The lowest BCUT2D eigenvalue weighted by Crippen LogP contribution is -2.18. The molecule has 0 fully saturated rings. The van der Waals surface area contributed by atoms with Gasteiger partial charge in [0.1, 0.15) is 5.75 Å². The second-order valence-electron chi connectivity index (χ2n) is 4.89. The first-order valence-corrected chi connectivity index (χ1v) is 6.74. The van der Waals surface area contributed by atoms with Crippen LogP contribution >= 0.6 is 0 Å². The van der Waals surface area contributed by atoms with Crippen LogP contribution in [0.5, 0.6) is 5.75 Å². The summed E-state index contributed by atoms with van der Waals surface area (Å²) in [6.07, 6.45) is 0.274. The summed E-state index contributed by atoms with van der Waals surface area (Å²) in [5.41, 5.74) is 3.05. The standard InChI is InChI=1S/C17H19NO3/c1-18(15-7-9-16(19)10-8-15)12-14-6-4-3-5-13(14)11-17(20)21-2/h3-10,19H,11-12H2,1-2H3. The normalized spacial score (nSPS) is 10.2. The van der Waals surface area contributed by atoms with Gasteiger partial charge in [0.05, 0.1) is 13.5 Å². The average molecular weight is 285 g/mol. The van der Waals surface area contributed by atoms with Gasteiger partial charge in [-0.1, -0.05) is 24.3 Å². The molecule has 0 saturated heterocycles. The molecule has 0 saturated carbocycles. The molecule has 0 heterocycles. The minimum atomic E-state index is -0.241. The van der Waals surface area contributed by atoms with Gasteiger partial charge in [0.25, 0.3) is 0 Å². The number of nitrogens with zero attached hydrogens (tertiary/aromatic N) is 1. The Morgan fingerprint density at radius 3 is 2.33 bits per heavy atom. The van der Waals surface area contributed by atoms with Crippen molar-refractivity contribution in [1.29, 1.82) is 0 Å². The van der Waals surface area contributed by atoms with Gasteiger partial charge >= 0.3 is 5.97 Å². The van der Waals surface area contributed by atoms with Crippen LogP contribution in [0.15, 0.2) is 48.5 Å². The van der Waals surface area contributed by atoms with E-state index in [1.807, 2.05) is 43.4 Å². The summed E-state index contributed by atoms with van der Waals surface area (Å²) in [5.74, 6) is 0.00739. The Labute approximate surface area is 124 Å². The van der Waals surface area contributed by atoms with Gasteiger partial charge in [0, 0.05) is 19.3 Å². The van der Waals surface area contributed by atoms with Crippen LogP contribution in [0.25, 0.3) is 0 Å². The maximum atomic E-state index is 11.5. The molecule has 2 aromatic carbocycles. The SMILES string of the molecule is COC(=O)Cc1ccccc1CN(C)c1ccc(O)cc1. The largest absolute Gasteiger partial charge is 0.508 e. The molecule has 2 rings (SSSR count). The van der Waals surface area contributed by atoms with Crippen molar-refractivity contribution in [2.24, 2.45) is 0 Å². The number of phenols is 1. The molecule has 0 unspecified atom stereocenters. The molecule has 4 heteroatoms. The fourth-order valence-corrected chi connectivity index (χ4v) is 2.17. The molecule has 1 N–H and O–H groups in total. The van der Waals surface area contributed by atoms with Gasteiger partial charge in [-0.25, -0.2) is 0 Å². The lowest BCUT2D eigenvalue weighted by Gasteiger charge is -2.21. The third-order valence-electron chi connectivity index (χ3n) is 3.38. The number of rotatable bonds is 5. The van der Waals surface area contributed by atoms with E-state index in [-0.39, 0.29) is 18.1 Å². The summed E-state index contributed by atoms with van der Waals surface area (Å²) >= 11 is 0. The first-order valence-electron chi connectivity index (χ1n) is 6.74. The van der Waals surface area contributed by atoms with Crippen molar-refractivity contribution in [2.45, 2.75) is 13.0 Å². The number of esters is 1. The van der Waals surface area contributed by atoms with E-state index >= 15 is 0 Å². The summed E-state index contributed by atoms with van der Waals surface area (Å²) < 4.78 is 4.73. The van der Waals surface area contributed by atoms with Gasteiger partial charge in [-0.3, -0.25) is 4.79 Å². The van der Waals surface area contributed by atoms with E-state index < -0.39 is 0 Å². The fraction of sp³-hybridized carbons (Fsp3) is 0.235. The van der Waals surface area contributed by atoms with Gasteiger partial charge < -0.3 is 14.7 Å². The molecule has 0 aromatic heterocycles. The highest BCUT2D eigenvalue weighted by Gasteiger charge is 2.10. The Hall–Kier alpha value is -2.49. The first-order chi connectivity index (χ1) is 10.1. The van der Waals surface area contributed by atoms with Gasteiger partial charge in [-0.2, -0.15) is 0 Å². The van der Waals surface area contributed by atoms with Crippen LogP contribution in [0.3, 0.4) is 0 Å². The number of aromatic hydroxyl groups is 1. The predicted octanol–water partition coefficient (Wildman–Crippen LogP) is 2.74. The summed E-state index contributed by atoms with van der Waals surface area (Å²) in [6.45, 7) is 0.679. The van der Waals surface area contributed by atoms with Crippen LogP contribution in [-0.2, 0) is 22.5 Å². The van der Waals surface area contributed by atoms with Crippen molar-refractivity contribution in [3.05, 3.63) is 59.7 Å². The number of hydrogen-bond acceptors (Lipinski definition) is 4. The van der Waals surface area contributed by atoms with E-state index in [0.29, 0.717) is 6.54 Å². The van der Waals surface area contributed by atoms with Crippen LogP contribution < -0.4 is 4.90 Å². The second-order valence-corrected chi connectivity index (χ2v) is 4.89. The zero-order chi connectivity index (χ0) is 15.2. The Balaban J connectivity index is 2.15. The van der Waals surface area contributed by atoms with Gasteiger partial charge in [-0.15, -0.1) is 0 Å². The van der Waals surface area contributed by atoms with Crippen molar-refractivity contribution in [3.63, 3.8) is 0 Å². The zero-order valence-electron chi connectivity index (χ0n) is 12.2. The summed E-state index contributed by atoms with van der Waals surface area (Å²) in [6, 6.07) is 14.9. The first kappa shape index (κ1) is 14.9. The molecule has 4 nitrogen and oxygen atoms in total. The summed E-state index contributed by atoms with van der Waals surface area (Å²) in [7, 11) is 3.37. The van der Waals surface area contributed by atoms with Gasteiger partial charge in [0.2, 0.25) is 0 Å². The maximum Gasteiger partial charge on any atom is 0.309 e. The molecule has 21 heavy (non-hydrogen) atoms. The van der Waals surface area contributed by atoms with Crippen molar-refractivity contribution in [3.8, 4) is 5.75 Å². The van der Waals surface area contributed by atoms with Crippen molar-refractivity contribution >= 4 is 11.7 Å². The minimum absolute atomic E-state index is 0.241. The molecule has 0 aliphatic carbocycles. The number of anilines is 1. The molecule has 0 bridgehead atoms. The zero-order valence-corrected chi connectivity index (χ0v) is 12.2. The second kappa shape index (κ2) is 6.79. The Morgan fingerprint density at radius 1 is 1.10 bits per heavy atom. The monoisotopic (exact) mass is 285 g/mol. The minimum Gasteiger partial charge on any atom is -0.508 e. The molecular formula is C17H19NO3. The number of ether oxygens (including phenoxy) is 1. The number of benzene rings is 2. The molecule has 0 spiro atoms. The van der Waals surface area contributed by atoms with E-state index in [1.165, 1.54) is 7.11 Å². The van der Waals surface area contributed by atoms with Crippen LogP contribution in [-0.4, -0.2) is 25.2 Å². The Kier molecular flexibility index (Phi) is 4.82. The smallest absolute Gasteiger partial charge is 0.309 e. The van der Waals surface area contributed by atoms with Crippen LogP contribution in [0.2, 0.25) is 0 Å². The quantitative estimate of drug-likeness (QED) is 0.858. The summed E-state index contributed by atoms with van der Waals surface area (Å²) in [5, 5.41) is 9.33.